The normalized spacial score (nSPS) is 10.1. The van der Waals surface area contributed by atoms with Crippen LogP contribution in [0.3, 0.4) is 0 Å². The summed E-state index contributed by atoms with van der Waals surface area (Å²) in [7, 11) is 0. The molecule has 1 aromatic heterocycles. The summed E-state index contributed by atoms with van der Waals surface area (Å²) in [4.78, 5) is 19.6. The molecule has 1 aromatic carbocycles. The van der Waals surface area contributed by atoms with Gasteiger partial charge in [0.05, 0.1) is 5.69 Å². The Balaban J connectivity index is 2.42. The van der Waals surface area contributed by atoms with Gasteiger partial charge in [0.15, 0.2) is 0 Å². The summed E-state index contributed by atoms with van der Waals surface area (Å²) in [5.74, 6) is -0.251. The molecule has 1 amide bonds. The fourth-order valence-corrected chi connectivity index (χ4v) is 1.96. The maximum atomic E-state index is 11.3. The Bertz CT molecular complexity index is 655. The van der Waals surface area contributed by atoms with Gasteiger partial charge in [-0.3, -0.25) is 4.79 Å². The smallest absolute Gasteiger partial charge is 0.247 e. The third-order valence-electron chi connectivity index (χ3n) is 2.80. The van der Waals surface area contributed by atoms with Crippen molar-refractivity contribution in [2.75, 3.05) is 5.32 Å². The van der Waals surface area contributed by atoms with Crippen LogP contribution in [0.2, 0.25) is 5.28 Å². The highest BCUT2D eigenvalue weighted by atomic mass is 35.5. The summed E-state index contributed by atoms with van der Waals surface area (Å²) in [5, 5.41) is 2.93. The molecule has 0 saturated carbocycles. The zero-order valence-corrected chi connectivity index (χ0v) is 11.8. The lowest BCUT2D eigenvalue weighted by molar-refractivity contribution is -0.111. The minimum Gasteiger partial charge on any atom is -0.323 e. The van der Waals surface area contributed by atoms with Crippen LogP contribution in [0.5, 0.6) is 0 Å². The highest BCUT2D eigenvalue weighted by molar-refractivity contribution is 6.28. The number of nitrogens with one attached hydrogen (secondary N) is 1. The van der Waals surface area contributed by atoms with Gasteiger partial charge in [-0.05, 0) is 41.8 Å². The molecular formula is C15H14ClN3O. The molecule has 1 N–H and O–H groups in total. The number of hydrogen-bond donors (Lipinski definition) is 1. The van der Waals surface area contributed by atoms with E-state index in [9.17, 15) is 4.79 Å². The van der Waals surface area contributed by atoms with E-state index in [1.807, 2.05) is 25.1 Å². The largest absolute Gasteiger partial charge is 0.323 e. The first-order valence-electron chi connectivity index (χ1n) is 6.19. The number of aromatic nitrogens is 2. The lowest BCUT2D eigenvalue weighted by Gasteiger charge is -2.09. The molecule has 0 radical (unpaired) electrons. The van der Waals surface area contributed by atoms with E-state index in [-0.39, 0.29) is 11.2 Å². The van der Waals surface area contributed by atoms with Gasteiger partial charge < -0.3 is 5.32 Å². The number of carbonyl (C=O) groups is 1. The summed E-state index contributed by atoms with van der Waals surface area (Å²) in [6.07, 6.45) is 3.75. The lowest BCUT2D eigenvalue weighted by Crippen LogP contribution is -2.07. The van der Waals surface area contributed by atoms with Crippen LogP contribution in [0, 0.1) is 0 Å². The van der Waals surface area contributed by atoms with Crippen molar-refractivity contribution < 1.29 is 4.79 Å². The number of benzene rings is 1. The summed E-state index contributed by atoms with van der Waals surface area (Å²) >= 11 is 5.87. The van der Waals surface area contributed by atoms with Crippen molar-refractivity contribution in [3.63, 3.8) is 0 Å². The minimum atomic E-state index is -0.251. The van der Waals surface area contributed by atoms with Crippen LogP contribution in [0.25, 0.3) is 11.3 Å². The maximum absolute atomic E-state index is 11.3. The van der Waals surface area contributed by atoms with E-state index in [0.29, 0.717) is 5.69 Å². The van der Waals surface area contributed by atoms with Crippen molar-refractivity contribution in [3.05, 3.63) is 54.0 Å². The second-order valence-corrected chi connectivity index (χ2v) is 4.48. The molecule has 0 aliphatic heterocycles. The first-order valence-corrected chi connectivity index (χ1v) is 6.57. The minimum absolute atomic E-state index is 0.206. The van der Waals surface area contributed by atoms with Crippen LogP contribution in [-0.4, -0.2) is 15.9 Å². The Hall–Kier alpha value is -2.20. The van der Waals surface area contributed by atoms with Crippen LogP contribution in [0.1, 0.15) is 12.5 Å². The third-order valence-corrected chi connectivity index (χ3v) is 2.99. The number of carbonyl (C=O) groups excluding carboxylic acids is 1. The van der Waals surface area contributed by atoms with E-state index in [1.165, 1.54) is 6.08 Å². The molecular weight excluding hydrogens is 274 g/mol. The Morgan fingerprint density at radius 3 is 3.00 bits per heavy atom. The molecule has 0 fully saturated rings. The predicted molar refractivity (Wildman–Crippen MR) is 80.7 cm³/mol. The molecule has 0 saturated heterocycles. The third kappa shape index (κ3) is 3.22. The zero-order valence-electron chi connectivity index (χ0n) is 11.1. The second-order valence-electron chi connectivity index (χ2n) is 4.14. The molecule has 0 unspecified atom stereocenters. The van der Waals surface area contributed by atoms with Gasteiger partial charge in [-0.15, -0.1) is 0 Å². The SMILES string of the molecule is C=CC(=O)Nc1cccc(-c2nc(Cl)ncc2CC)c1. The number of halogens is 1. The highest BCUT2D eigenvalue weighted by Gasteiger charge is 2.08. The maximum Gasteiger partial charge on any atom is 0.247 e. The van der Waals surface area contributed by atoms with E-state index < -0.39 is 0 Å². The Labute approximate surface area is 122 Å². The van der Waals surface area contributed by atoms with E-state index in [1.54, 1.807) is 12.3 Å². The average Bonchev–Trinajstić information content (AvgIpc) is 2.47. The number of rotatable bonds is 4. The lowest BCUT2D eigenvalue weighted by atomic mass is 10.1. The Morgan fingerprint density at radius 2 is 2.30 bits per heavy atom. The Kier molecular flexibility index (Phi) is 4.48. The second kappa shape index (κ2) is 6.30. The van der Waals surface area contributed by atoms with Crippen LogP contribution in [0.15, 0.2) is 43.1 Å². The molecule has 1 heterocycles. The molecule has 0 aliphatic carbocycles. The number of hydrogen-bond acceptors (Lipinski definition) is 3. The molecule has 20 heavy (non-hydrogen) atoms. The van der Waals surface area contributed by atoms with E-state index >= 15 is 0 Å². The molecule has 0 atom stereocenters. The zero-order chi connectivity index (χ0) is 14.5. The molecule has 4 nitrogen and oxygen atoms in total. The standard InChI is InChI=1S/C15H14ClN3O/c1-3-10-9-17-15(16)19-14(10)11-6-5-7-12(8-11)18-13(20)4-2/h4-9H,2-3H2,1H3,(H,18,20). The van der Waals surface area contributed by atoms with Crippen molar-refractivity contribution in [1.29, 1.82) is 0 Å². The van der Waals surface area contributed by atoms with Crippen LogP contribution < -0.4 is 5.32 Å². The highest BCUT2D eigenvalue weighted by Crippen LogP contribution is 2.25. The van der Waals surface area contributed by atoms with Crippen molar-refractivity contribution >= 4 is 23.2 Å². The summed E-state index contributed by atoms with van der Waals surface area (Å²) < 4.78 is 0. The van der Waals surface area contributed by atoms with Gasteiger partial charge in [0.2, 0.25) is 11.2 Å². The molecule has 0 aliphatic rings. The number of anilines is 1. The van der Waals surface area contributed by atoms with Gasteiger partial charge in [-0.25, -0.2) is 9.97 Å². The van der Waals surface area contributed by atoms with E-state index in [2.05, 4.69) is 21.9 Å². The topological polar surface area (TPSA) is 54.9 Å². The van der Waals surface area contributed by atoms with Crippen molar-refractivity contribution in [2.45, 2.75) is 13.3 Å². The van der Waals surface area contributed by atoms with Gasteiger partial charge in [-0.1, -0.05) is 25.6 Å². The first-order chi connectivity index (χ1) is 9.63. The number of amides is 1. The molecule has 2 rings (SSSR count). The molecule has 102 valence electrons. The summed E-state index contributed by atoms with van der Waals surface area (Å²) in [5.41, 5.74) is 3.35. The molecule has 0 bridgehead atoms. The van der Waals surface area contributed by atoms with Crippen molar-refractivity contribution in [1.82, 2.24) is 9.97 Å². The quantitative estimate of drug-likeness (QED) is 0.692. The van der Waals surface area contributed by atoms with Crippen LogP contribution >= 0.6 is 11.6 Å². The fourth-order valence-electron chi connectivity index (χ4n) is 1.83. The van der Waals surface area contributed by atoms with Crippen LogP contribution in [-0.2, 0) is 11.2 Å². The Morgan fingerprint density at radius 1 is 1.50 bits per heavy atom. The van der Waals surface area contributed by atoms with Gasteiger partial charge in [-0.2, -0.15) is 0 Å². The van der Waals surface area contributed by atoms with Gasteiger partial charge in [0, 0.05) is 17.4 Å². The van der Waals surface area contributed by atoms with Gasteiger partial charge in [0.1, 0.15) is 0 Å². The monoisotopic (exact) mass is 287 g/mol. The first kappa shape index (κ1) is 14.2. The van der Waals surface area contributed by atoms with Gasteiger partial charge in [0.25, 0.3) is 0 Å². The number of nitrogens with zero attached hydrogens (tertiary/aromatic N) is 2. The summed E-state index contributed by atoms with van der Waals surface area (Å²) in [6, 6.07) is 7.42. The summed E-state index contributed by atoms with van der Waals surface area (Å²) in [6.45, 7) is 5.45. The van der Waals surface area contributed by atoms with Crippen molar-refractivity contribution in [3.8, 4) is 11.3 Å². The van der Waals surface area contributed by atoms with Gasteiger partial charge >= 0.3 is 0 Å². The van der Waals surface area contributed by atoms with E-state index in [4.69, 9.17) is 11.6 Å². The van der Waals surface area contributed by atoms with Crippen molar-refractivity contribution in [2.24, 2.45) is 0 Å². The van der Waals surface area contributed by atoms with E-state index in [0.717, 1.165) is 23.2 Å². The molecule has 5 heteroatoms. The fraction of sp³-hybridized carbons (Fsp3) is 0.133. The van der Waals surface area contributed by atoms with Crippen LogP contribution in [0.4, 0.5) is 5.69 Å². The average molecular weight is 288 g/mol. The number of aryl methyl sites for hydroxylation is 1. The molecule has 2 aromatic rings. The molecule has 0 spiro atoms. The predicted octanol–water partition coefficient (Wildman–Crippen LogP) is 3.48.